The molecule has 23 heavy (non-hydrogen) atoms. The molecule has 0 amide bonds. The van der Waals surface area contributed by atoms with E-state index in [4.69, 9.17) is 9.47 Å². The third-order valence-corrected chi connectivity index (χ3v) is 5.67. The third kappa shape index (κ3) is 4.18. The first-order chi connectivity index (χ1) is 11.3. The molecule has 2 N–H and O–H groups in total. The first-order valence-electron chi connectivity index (χ1n) is 9.19. The lowest BCUT2D eigenvalue weighted by molar-refractivity contribution is -0.965. The van der Waals surface area contributed by atoms with Crippen LogP contribution in [0.5, 0.6) is 11.5 Å². The topological polar surface area (TPSA) is 27.3 Å². The fourth-order valence-electron chi connectivity index (χ4n) is 4.30. The van der Waals surface area contributed by atoms with Crippen molar-refractivity contribution in [1.29, 1.82) is 0 Å². The maximum atomic E-state index is 5.42. The Hall–Kier alpha value is -1.26. The SMILES string of the molecule is COc1ccc(C[NH+]2CCC([NH+]3CCCCC3)CC2)cc1OC. The average Bonchev–Trinajstić information content (AvgIpc) is 2.63. The Balaban J connectivity index is 1.52. The number of quaternary nitrogens is 2. The van der Waals surface area contributed by atoms with Crippen molar-refractivity contribution in [3.63, 3.8) is 0 Å². The van der Waals surface area contributed by atoms with Gasteiger partial charge in [0, 0.05) is 18.4 Å². The number of hydrogen-bond donors (Lipinski definition) is 2. The standard InChI is InChI=1S/C19H30N2O2/c1-22-18-7-6-16(14-19(18)23-2)15-20-12-8-17(9-13-20)21-10-4-3-5-11-21/h6-7,14,17H,3-5,8-13,15H2,1-2H3/p+2. The zero-order valence-corrected chi connectivity index (χ0v) is 14.7. The molecule has 0 bridgehead atoms. The molecule has 1 aromatic carbocycles. The van der Waals surface area contributed by atoms with Gasteiger partial charge in [0.15, 0.2) is 11.5 Å². The molecule has 2 saturated heterocycles. The lowest BCUT2D eigenvalue weighted by atomic mass is 9.99. The van der Waals surface area contributed by atoms with E-state index in [9.17, 15) is 0 Å². The molecule has 0 radical (unpaired) electrons. The van der Waals surface area contributed by atoms with Crippen LogP contribution in [-0.4, -0.2) is 46.4 Å². The minimum absolute atomic E-state index is 0.818. The molecule has 2 heterocycles. The van der Waals surface area contributed by atoms with Crippen molar-refractivity contribution in [3.8, 4) is 11.5 Å². The molecular formula is C19H32N2O2+2. The predicted molar refractivity (Wildman–Crippen MR) is 91.5 cm³/mol. The van der Waals surface area contributed by atoms with Gasteiger partial charge in [0.1, 0.15) is 6.54 Å². The summed E-state index contributed by atoms with van der Waals surface area (Å²) in [5, 5.41) is 0. The zero-order valence-electron chi connectivity index (χ0n) is 14.7. The summed E-state index contributed by atoms with van der Waals surface area (Å²) in [4.78, 5) is 3.60. The van der Waals surface area contributed by atoms with Crippen LogP contribution in [0.25, 0.3) is 0 Å². The lowest BCUT2D eigenvalue weighted by Crippen LogP contribution is -3.20. The molecule has 1 aromatic rings. The minimum Gasteiger partial charge on any atom is -0.493 e. The van der Waals surface area contributed by atoms with E-state index in [1.165, 1.54) is 63.8 Å². The van der Waals surface area contributed by atoms with Gasteiger partial charge in [-0.2, -0.15) is 0 Å². The first-order valence-corrected chi connectivity index (χ1v) is 9.19. The third-order valence-electron chi connectivity index (χ3n) is 5.67. The fraction of sp³-hybridized carbons (Fsp3) is 0.684. The van der Waals surface area contributed by atoms with Crippen molar-refractivity contribution in [3.05, 3.63) is 23.8 Å². The van der Waals surface area contributed by atoms with Gasteiger partial charge in [0.2, 0.25) is 0 Å². The van der Waals surface area contributed by atoms with Crippen molar-refractivity contribution in [2.45, 2.75) is 44.7 Å². The summed E-state index contributed by atoms with van der Waals surface area (Å²) in [6, 6.07) is 7.26. The smallest absolute Gasteiger partial charge is 0.161 e. The van der Waals surface area contributed by atoms with Gasteiger partial charge in [-0.05, 0) is 37.5 Å². The maximum Gasteiger partial charge on any atom is 0.161 e. The van der Waals surface area contributed by atoms with Gasteiger partial charge in [-0.25, -0.2) is 0 Å². The van der Waals surface area contributed by atoms with Crippen LogP contribution in [0, 0.1) is 0 Å². The van der Waals surface area contributed by atoms with Crippen LogP contribution < -0.4 is 19.3 Å². The summed E-state index contributed by atoms with van der Waals surface area (Å²) in [5.41, 5.74) is 1.35. The van der Waals surface area contributed by atoms with Crippen molar-refractivity contribution in [2.24, 2.45) is 0 Å². The number of methoxy groups -OCH3 is 2. The van der Waals surface area contributed by atoms with Crippen LogP contribution in [0.1, 0.15) is 37.7 Å². The van der Waals surface area contributed by atoms with Crippen LogP contribution >= 0.6 is 0 Å². The Bertz CT molecular complexity index is 492. The number of nitrogens with one attached hydrogen (secondary N) is 2. The predicted octanol–water partition coefficient (Wildman–Crippen LogP) is 0.320. The monoisotopic (exact) mass is 320 g/mol. The molecule has 2 fully saturated rings. The Morgan fingerprint density at radius 3 is 2.26 bits per heavy atom. The Labute approximate surface area is 140 Å². The molecule has 0 aromatic heterocycles. The summed E-state index contributed by atoms with van der Waals surface area (Å²) in [6.07, 6.45) is 7.10. The zero-order chi connectivity index (χ0) is 16.1. The van der Waals surface area contributed by atoms with E-state index in [0.717, 1.165) is 24.1 Å². The minimum atomic E-state index is 0.818. The maximum absolute atomic E-state index is 5.42. The molecule has 2 aliphatic rings. The number of rotatable bonds is 5. The highest BCUT2D eigenvalue weighted by Crippen LogP contribution is 2.27. The van der Waals surface area contributed by atoms with E-state index in [1.54, 1.807) is 19.1 Å². The second-order valence-corrected chi connectivity index (χ2v) is 7.11. The summed E-state index contributed by atoms with van der Waals surface area (Å²) < 4.78 is 10.8. The molecule has 0 unspecified atom stereocenters. The van der Waals surface area contributed by atoms with Gasteiger partial charge in [0.05, 0.1) is 46.4 Å². The molecule has 128 valence electrons. The largest absolute Gasteiger partial charge is 0.493 e. The van der Waals surface area contributed by atoms with Crippen molar-refractivity contribution < 1.29 is 19.3 Å². The number of piperidine rings is 2. The number of likely N-dealkylation sites (tertiary alicyclic amines) is 2. The summed E-state index contributed by atoms with van der Waals surface area (Å²) >= 11 is 0. The Kier molecular flexibility index (Phi) is 5.79. The van der Waals surface area contributed by atoms with Gasteiger partial charge in [0.25, 0.3) is 0 Å². The quantitative estimate of drug-likeness (QED) is 0.818. The molecule has 4 nitrogen and oxygen atoms in total. The van der Waals surface area contributed by atoms with E-state index < -0.39 is 0 Å². The number of ether oxygens (including phenoxy) is 2. The molecule has 0 atom stereocenters. The van der Waals surface area contributed by atoms with Crippen LogP contribution in [0.2, 0.25) is 0 Å². The van der Waals surface area contributed by atoms with Gasteiger partial charge in [-0.1, -0.05) is 0 Å². The van der Waals surface area contributed by atoms with Crippen molar-refractivity contribution in [2.75, 3.05) is 40.4 Å². The first kappa shape index (κ1) is 16.6. The van der Waals surface area contributed by atoms with Crippen LogP contribution in [0.4, 0.5) is 0 Å². The van der Waals surface area contributed by atoms with Gasteiger partial charge in [-0.15, -0.1) is 0 Å². The number of hydrogen-bond acceptors (Lipinski definition) is 2. The van der Waals surface area contributed by atoms with Gasteiger partial charge in [-0.3, -0.25) is 0 Å². The normalized spacial score (nSPS) is 26.0. The van der Waals surface area contributed by atoms with E-state index in [-0.39, 0.29) is 0 Å². The van der Waals surface area contributed by atoms with E-state index in [2.05, 4.69) is 12.1 Å². The van der Waals surface area contributed by atoms with Crippen LogP contribution in [0.15, 0.2) is 18.2 Å². The second kappa shape index (κ2) is 8.02. The molecule has 4 heteroatoms. The molecule has 0 aliphatic carbocycles. The molecule has 3 rings (SSSR count). The van der Waals surface area contributed by atoms with Crippen molar-refractivity contribution >= 4 is 0 Å². The molecular weight excluding hydrogens is 288 g/mol. The highest BCUT2D eigenvalue weighted by molar-refractivity contribution is 5.42. The van der Waals surface area contributed by atoms with Gasteiger partial charge < -0.3 is 19.3 Å². The fourth-order valence-corrected chi connectivity index (χ4v) is 4.30. The average molecular weight is 320 g/mol. The molecule has 0 spiro atoms. The second-order valence-electron chi connectivity index (χ2n) is 7.11. The summed E-state index contributed by atoms with van der Waals surface area (Å²) in [7, 11) is 3.40. The lowest BCUT2D eigenvalue weighted by Gasteiger charge is -2.36. The van der Waals surface area contributed by atoms with Crippen LogP contribution in [-0.2, 0) is 6.54 Å². The summed E-state index contributed by atoms with van der Waals surface area (Å²) in [6.45, 7) is 6.54. The van der Waals surface area contributed by atoms with Crippen molar-refractivity contribution in [1.82, 2.24) is 0 Å². The Morgan fingerprint density at radius 1 is 0.913 bits per heavy atom. The van der Waals surface area contributed by atoms with Crippen LogP contribution in [0.3, 0.4) is 0 Å². The van der Waals surface area contributed by atoms with E-state index in [1.807, 2.05) is 11.0 Å². The molecule has 0 saturated carbocycles. The highest BCUT2D eigenvalue weighted by Gasteiger charge is 2.30. The van der Waals surface area contributed by atoms with E-state index in [0.29, 0.717) is 0 Å². The van der Waals surface area contributed by atoms with Gasteiger partial charge >= 0.3 is 0 Å². The molecule has 2 aliphatic heterocycles. The number of benzene rings is 1. The Morgan fingerprint density at radius 2 is 1.61 bits per heavy atom. The van der Waals surface area contributed by atoms with E-state index >= 15 is 0 Å². The summed E-state index contributed by atoms with van der Waals surface area (Å²) in [5.74, 6) is 1.66. The highest BCUT2D eigenvalue weighted by atomic mass is 16.5.